The van der Waals surface area contributed by atoms with Crippen molar-refractivity contribution >= 4 is 17.2 Å². The van der Waals surface area contributed by atoms with Gasteiger partial charge in [0, 0.05) is 24.2 Å². The van der Waals surface area contributed by atoms with Gasteiger partial charge in [-0.15, -0.1) is 11.3 Å². The smallest absolute Gasteiger partial charge is 0.227 e. The zero-order valence-corrected chi connectivity index (χ0v) is 14.6. The lowest BCUT2D eigenvalue weighted by atomic mass is 10.1. The molecule has 1 atom stereocenters. The summed E-state index contributed by atoms with van der Waals surface area (Å²) in [6, 6.07) is 6.86. The molecule has 1 saturated heterocycles. The van der Waals surface area contributed by atoms with Crippen LogP contribution in [0.5, 0.6) is 5.75 Å². The topological polar surface area (TPSA) is 62.7 Å². The molecule has 1 aromatic carbocycles. The van der Waals surface area contributed by atoms with Gasteiger partial charge in [-0.25, -0.2) is 4.98 Å². The third-order valence-corrected chi connectivity index (χ3v) is 5.01. The highest BCUT2D eigenvalue weighted by molar-refractivity contribution is 7.09. The van der Waals surface area contributed by atoms with Crippen LogP contribution in [0.1, 0.15) is 29.1 Å². The van der Waals surface area contributed by atoms with Crippen LogP contribution in [0.3, 0.4) is 0 Å². The number of phenolic OH excluding ortho intramolecular Hbond substituents is 1. The summed E-state index contributed by atoms with van der Waals surface area (Å²) in [5.41, 5.74) is 1.79. The standard InChI is InChI=1S/C18H22N2O3S/c1-13-12-24-17(19-13)11-20(10-16-6-3-7-23-16)18(22)9-14-4-2-5-15(21)8-14/h2,4-5,8,12,16,21H,3,6-7,9-11H2,1H3/t16-/m0/s1. The van der Waals surface area contributed by atoms with Gasteiger partial charge in [-0.2, -0.15) is 0 Å². The van der Waals surface area contributed by atoms with E-state index in [4.69, 9.17) is 4.74 Å². The van der Waals surface area contributed by atoms with E-state index in [9.17, 15) is 9.90 Å². The molecule has 24 heavy (non-hydrogen) atoms. The lowest BCUT2D eigenvalue weighted by molar-refractivity contribution is -0.132. The molecule has 0 radical (unpaired) electrons. The Hall–Kier alpha value is -1.92. The van der Waals surface area contributed by atoms with Gasteiger partial charge >= 0.3 is 0 Å². The summed E-state index contributed by atoms with van der Waals surface area (Å²) >= 11 is 1.58. The van der Waals surface area contributed by atoms with Gasteiger partial charge in [-0.1, -0.05) is 12.1 Å². The zero-order valence-electron chi connectivity index (χ0n) is 13.8. The van der Waals surface area contributed by atoms with E-state index < -0.39 is 0 Å². The number of rotatable bonds is 6. The SMILES string of the molecule is Cc1csc(CN(C[C@@H]2CCCO2)C(=O)Cc2cccc(O)c2)n1. The van der Waals surface area contributed by atoms with Crippen LogP contribution in [-0.2, 0) is 22.5 Å². The predicted octanol–water partition coefficient (Wildman–Crippen LogP) is 2.91. The van der Waals surface area contributed by atoms with E-state index in [1.54, 1.807) is 29.5 Å². The summed E-state index contributed by atoms with van der Waals surface area (Å²) in [6.45, 7) is 3.83. The molecule has 1 aromatic heterocycles. The molecule has 5 nitrogen and oxygen atoms in total. The average Bonchev–Trinajstić information content (AvgIpc) is 3.18. The summed E-state index contributed by atoms with van der Waals surface area (Å²) in [7, 11) is 0. The van der Waals surface area contributed by atoms with Gasteiger partial charge in [-0.05, 0) is 37.5 Å². The Bertz CT molecular complexity index is 695. The minimum atomic E-state index is 0.0314. The van der Waals surface area contributed by atoms with Crippen LogP contribution >= 0.6 is 11.3 Å². The van der Waals surface area contributed by atoms with Crippen molar-refractivity contribution in [3.05, 3.63) is 45.9 Å². The normalized spacial score (nSPS) is 17.1. The van der Waals surface area contributed by atoms with Crippen LogP contribution in [0.15, 0.2) is 29.6 Å². The number of amides is 1. The number of benzene rings is 1. The second-order valence-electron chi connectivity index (χ2n) is 6.14. The maximum absolute atomic E-state index is 12.8. The van der Waals surface area contributed by atoms with E-state index in [2.05, 4.69) is 4.98 Å². The third-order valence-electron chi connectivity index (χ3n) is 4.06. The van der Waals surface area contributed by atoms with Gasteiger partial charge in [0.15, 0.2) is 0 Å². The van der Waals surface area contributed by atoms with Crippen molar-refractivity contribution in [1.29, 1.82) is 0 Å². The minimum absolute atomic E-state index is 0.0314. The average molecular weight is 346 g/mol. The Kier molecular flexibility index (Phi) is 5.48. The predicted molar refractivity (Wildman–Crippen MR) is 93.1 cm³/mol. The Morgan fingerprint density at radius 3 is 3.04 bits per heavy atom. The molecule has 0 aliphatic carbocycles. The first-order chi connectivity index (χ1) is 11.6. The van der Waals surface area contributed by atoms with Gasteiger partial charge < -0.3 is 14.7 Å². The monoisotopic (exact) mass is 346 g/mol. The fraction of sp³-hybridized carbons (Fsp3) is 0.444. The van der Waals surface area contributed by atoms with Crippen molar-refractivity contribution in [2.45, 2.75) is 38.8 Å². The second kappa shape index (κ2) is 7.77. The molecule has 0 bridgehead atoms. The van der Waals surface area contributed by atoms with Gasteiger partial charge in [0.1, 0.15) is 10.8 Å². The molecule has 2 aromatic rings. The van der Waals surface area contributed by atoms with Crippen molar-refractivity contribution in [1.82, 2.24) is 9.88 Å². The van der Waals surface area contributed by atoms with Gasteiger partial charge in [-0.3, -0.25) is 4.79 Å². The summed E-state index contributed by atoms with van der Waals surface area (Å²) in [4.78, 5) is 19.1. The third kappa shape index (κ3) is 4.55. The fourth-order valence-electron chi connectivity index (χ4n) is 2.88. The highest BCUT2D eigenvalue weighted by atomic mass is 32.1. The first-order valence-electron chi connectivity index (χ1n) is 8.18. The molecule has 1 fully saturated rings. The number of carbonyl (C=O) groups excluding carboxylic acids is 1. The maximum Gasteiger partial charge on any atom is 0.227 e. The summed E-state index contributed by atoms with van der Waals surface area (Å²) < 4.78 is 5.69. The van der Waals surface area contributed by atoms with Crippen molar-refractivity contribution in [3.8, 4) is 5.75 Å². The van der Waals surface area contributed by atoms with Gasteiger partial charge in [0.05, 0.1) is 19.1 Å². The first-order valence-corrected chi connectivity index (χ1v) is 9.06. The maximum atomic E-state index is 12.8. The number of nitrogens with zero attached hydrogens (tertiary/aromatic N) is 2. The summed E-state index contributed by atoms with van der Waals surface area (Å²) in [5, 5.41) is 12.5. The van der Waals surface area contributed by atoms with E-state index in [-0.39, 0.29) is 24.2 Å². The van der Waals surface area contributed by atoms with Crippen LogP contribution in [0, 0.1) is 6.92 Å². The molecule has 0 saturated carbocycles. The van der Waals surface area contributed by atoms with Crippen molar-refractivity contribution in [2.75, 3.05) is 13.2 Å². The molecule has 1 aliphatic rings. The second-order valence-corrected chi connectivity index (χ2v) is 7.08. The quantitative estimate of drug-likeness (QED) is 0.873. The first kappa shape index (κ1) is 16.9. The van der Waals surface area contributed by atoms with E-state index >= 15 is 0 Å². The fourth-order valence-corrected chi connectivity index (χ4v) is 3.67. The minimum Gasteiger partial charge on any atom is -0.508 e. The van der Waals surface area contributed by atoms with Crippen LogP contribution in [0.25, 0.3) is 0 Å². The summed E-state index contributed by atoms with van der Waals surface area (Å²) in [5.74, 6) is 0.213. The van der Waals surface area contributed by atoms with Crippen molar-refractivity contribution in [2.24, 2.45) is 0 Å². The molecular formula is C18H22N2O3S. The molecule has 2 heterocycles. The largest absolute Gasteiger partial charge is 0.508 e. The van der Waals surface area contributed by atoms with E-state index in [0.717, 1.165) is 35.7 Å². The Balaban J connectivity index is 1.70. The summed E-state index contributed by atoms with van der Waals surface area (Å²) in [6.07, 6.45) is 2.42. The van der Waals surface area contributed by atoms with Crippen LogP contribution in [0.2, 0.25) is 0 Å². The molecule has 1 aliphatic heterocycles. The number of aromatic nitrogens is 1. The molecule has 1 amide bonds. The highest BCUT2D eigenvalue weighted by Crippen LogP contribution is 2.19. The number of ether oxygens (including phenoxy) is 1. The molecule has 1 N–H and O–H groups in total. The van der Waals surface area contributed by atoms with Crippen molar-refractivity contribution in [3.63, 3.8) is 0 Å². The number of hydrogen-bond acceptors (Lipinski definition) is 5. The molecular weight excluding hydrogens is 324 g/mol. The molecule has 3 rings (SSSR count). The highest BCUT2D eigenvalue weighted by Gasteiger charge is 2.23. The van der Waals surface area contributed by atoms with E-state index in [0.29, 0.717) is 13.1 Å². The van der Waals surface area contributed by atoms with E-state index in [1.807, 2.05) is 23.3 Å². The lowest BCUT2D eigenvalue weighted by Crippen LogP contribution is -2.37. The van der Waals surface area contributed by atoms with Crippen LogP contribution < -0.4 is 0 Å². The Morgan fingerprint density at radius 1 is 1.50 bits per heavy atom. The van der Waals surface area contributed by atoms with Crippen molar-refractivity contribution < 1.29 is 14.6 Å². The zero-order chi connectivity index (χ0) is 16.9. The lowest BCUT2D eigenvalue weighted by Gasteiger charge is -2.25. The number of hydrogen-bond donors (Lipinski definition) is 1. The molecule has 0 spiro atoms. The van der Waals surface area contributed by atoms with Crippen LogP contribution in [0.4, 0.5) is 0 Å². The molecule has 0 unspecified atom stereocenters. The Labute approximate surface area is 145 Å². The molecule has 6 heteroatoms. The number of aryl methyl sites for hydroxylation is 1. The number of aromatic hydroxyl groups is 1. The van der Waals surface area contributed by atoms with E-state index in [1.165, 1.54) is 0 Å². The Morgan fingerprint density at radius 2 is 2.38 bits per heavy atom. The van der Waals surface area contributed by atoms with Crippen LogP contribution in [-0.4, -0.2) is 40.2 Å². The molecule has 128 valence electrons. The van der Waals surface area contributed by atoms with Gasteiger partial charge in [0.2, 0.25) is 5.91 Å². The number of thiazole rings is 1. The van der Waals surface area contributed by atoms with Gasteiger partial charge in [0.25, 0.3) is 0 Å². The number of phenols is 1. The number of carbonyl (C=O) groups is 1.